The second-order valence-corrected chi connectivity index (χ2v) is 4.15. The highest BCUT2D eigenvalue weighted by molar-refractivity contribution is 5.39. The molecule has 0 heterocycles. The van der Waals surface area contributed by atoms with Gasteiger partial charge in [-0.1, -0.05) is 24.3 Å². The molecule has 0 spiro atoms. The van der Waals surface area contributed by atoms with Gasteiger partial charge in [0.25, 0.3) is 0 Å². The molecule has 0 radical (unpaired) electrons. The fourth-order valence-electron chi connectivity index (χ4n) is 2.03. The fourth-order valence-corrected chi connectivity index (χ4v) is 2.03. The van der Waals surface area contributed by atoms with Crippen LogP contribution in [0.5, 0.6) is 11.5 Å². The second-order valence-electron chi connectivity index (χ2n) is 4.15. The van der Waals surface area contributed by atoms with Gasteiger partial charge >= 0.3 is 0 Å². The Morgan fingerprint density at radius 2 is 1.37 bits per heavy atom. The Morgan fingerprint density at radius 1 is 0.895 bits per heavy atom. The molecule has 0 unspecified atom stereocenters. The van der Waals surface area contributed by atoms with Gasteiger partial charge in [0.15, 0.2) is 0 Å². The number of methoxy groups -OCH3 is 2. The fraction of sp³-hybridized carbons (Fsp3) is 0.200. The van der Waals surface area contributed by atoms with E-state index in [9.17, 15) is 0 Å². The van der Waals surface area contributed by atoms with Gasteiger partial charge in [-0.15, -0.1) is 0 Å². The zero-order chi connectivity index (χ0) is 13.7. The number of benzene rings is 2. The molecule has 4 heteroatoms. The Kier molecular flexibility index (Phi) is 4.39. The quantitative estimate of drug-likeness (QED) is 0.638. The standard InChI is InChI=1S/C15H18N2O2/c1-18-13-7-3-5-11(9-13)15(17-16)12-6-4-8-14(10-12)19-2/h3-10,15,17H,16H2,1-2H3. The van der Waals surface area contributed by atoms with E-state index in [0.29, 0.717) is 0 Å². The molecular formula is C15H18N2O2. The molecule has 0 amide bonds. The van der Waals surface area contributed by atoms with Crippen molar-refractivity contribution in [2.75, 3.05) is 14.2 Å². The van der Waals surface area contributed by atoms with Crippen LogP contribution in [0.25, 0.3) is 0 Å². The maximum atomic E-state index is 5.69. The molecule has 0 aliphatic rings. The Bertz CT molecular complexity index is 496. The molecule has 19 heavy (non-hydrogen) atoms. The highest BCUT2D eigenvalue weighted by Gasteiger charge is 2.13. The van der Waals surface area contributed by atoms with E-state index in [1.165, 1.54) is 0 Å². The molecule has 2 aromatic rings. The number of ether oxygens (including phenoxy) is 2. The van der Waals surface area contributed by atoms with Crippen molar-refractivity contribution in [1.82, 2.24) is 5.43 Å². The lowest BCUT2D eigenvalue weighted by atomic mass is 9.99. The maximum absolute atomic E-state index is 5.69. The summed E-state index contributed by atoms with van der Waals surface area (Å²) in [5.41, 5.74) is 4.90. The first-order valence-electron chi connectivity index (χ1n) is 6.02. The third kappa shape index (κ3) is 3.05. The summed E-state index contributed by atoms with van der Waals surface area (Å²) >= 11 is 0. The molecule has 0 fully saturated rings. The van der Waals surface area contributed by atoms with Crippen molar-refractivity contribution in [2.45, 2.75) is 6.04 Å². The van der Waals surface area contributed by atoms with Crippen LogP contribution in [0.4, 0.5) is 0 Å². The van der Waals surface area contributed by atoms with Crippen molar-refractivity contribution in [1.29, 1.82) is 0 Å². The van der Waals surface area contributed by atoms with Gasteiger partial charge in [0.05, 0.1) is 20.3 Å². The Labute approximate surface area is 113 Å². The van der Waals surface area contributed by atoms with Crippen molar-refractivity contribution in [3.8, 4) is 11.5 Å². The van der Waals surface area contributed by atoms with E-state index in [-0.39, 0.29) is 6.04 Å². The predicted molar refractivity (Wildman–Crippen MR) is 75.2 cm³/mol. The maximum Gasteiger partial charge on any atom is 0.119 e. The van der Waals surface area contributed by atoms with Crippen molar-refractivity contribution >= 4 is 0 Å². The molecular weight excluding hydrogens is 240 g/mol. The number of rotatable bonds is 5. The minimum atomic E-state index is -0.106. The highest BCUT2D eigenvalue weighted by Crippen LogP contribution is 2.26. The number of nitrogens with two attached hydrogens (primary N) is 1. The molecule has 3 N–H and O–H groups in total. The molecule has 4 nitrogen and oxygen atoms in total. The molecule has 100 valence electrons. The number of hydrogen-bond acceptors (Lipinski definition) is 4. The summed E-state index contributed by atoms with van der Waals surface area (Å²) in [7, 11) is 3.30. The van der Waals surface area contributed by atoms with Crippen LogP contribution in [0.1, 0.15) is 17.2 Å². The molecule has 2 aromatic carbocycles. The van der Waals surface area contributed by atoms with Crippen LogP contribution in [0.15, 0.2) is 48.5 Å². The van der Waals surface area contributed by atoms with Crippen molar-refractivity contribution < 1.29 is 9.47 Å². The summed E-state index contributed by atoms with van der Waals surface area (Å²) in [6, 6.07) is 15.5. The molecule has 0 aromatic heterocycles. The lowest BCUT2D eigenvalue weighted by molar-refractivity contribution is 0.412. The number of nitrogens with one attached hydrogen (secondary N) is 1. The first-order valence-corrected chi connectivity index (χ1v) is 6.02. The first kappa shape index (κ1) is 13.4. The van der Waals surface area contributed by atoms with Crippen LogP contribution < -0.4 is 20.7 Å². The van der Waals surface area contributed by atoms with Crippen LogP contribution in [0.3, 0.4) is 0 Å². The van der Waals surface area contributed by atoms with E-state index >= 15 is 0 Å². The molecule has 0 saturated heterocycles. The predicted octanol–water partition coefficient (Wildman–Crippen LogP) is 2.26. The number of hydrazine groups is 1. The summed E-state index contributed by atoms with van der Waals surface area (Å²) in [4.78, 5) is 0. The van der Waals surface area contributed by atoms with Crippen molar-refractivity contribution in [2.24, 2.45) is 5.84 Å². The summed E-state index contributed by atoms with van der Waals surface area (Å²) in [5, 5.41) is 0. The Hall–Kier alpha value is -2.04. The van der Waals surface area contributed by atoms with Crippen LogP contribution in [0.2, 0.25) is 0 Å². The average Bonchev–Trinajstić information content (AvgIpc) is 2.48. The van der Waals surface area contributed by atoms with Gasteiger partial charge in [-0.05, 0) is 35.4 Å². The summed E-state index contributed by atoms with van der Waals surface area (Å²) in [6.45, 7) is 0. The monoisotopic (exact) mass is 258 g/mol. The summed E-state index contributed by atoms with van der Waals surface area (Å²) in [6.07, 6.45) is 0. The topological polar surface area (TPSA) is 56.5 Å². The van der Waals surface area contributed by atoms with Crippen LogP contribution in [0, 0.1) is 0 Å². The minimum absolute atomic E-state index is 0.106. The molecule has 0 aliphatic carbocycles. The Balaban J connectivity index is 2.37. The molecule has 0 atom stereocenters. The number of hydrogen-bond donors (Lipinski definition) is 2. The van der Waals surface area contributed by atoms with E-state index in [1.807, 2.05) is 48.5 Å². The van der Waals surface area contributed by atoms with Crippen LogP contribution in [-0.2, 0) is 0 Å². The third-order valence-electron chi connectivity index (χ3n) is 3.02. The van der Waals surface area contributed by atoms with Gasteiger partial charge in [-0.25, -0.2) is 5.43 Å². The van der Waals surface area contributed by atoms with Gasteiger partial charge in [-0.2, -0.15) is 0 Å². The normalized spacial score (nSPS) is 10.5. The first-order chi connectivity index (χ1) is 9.28. The molecule has 0 aliphatic heterocycles. The van der Waals surface area contributed by atoms with Crippen molar-refractivity contribution in [3.63, 3.8) is 0 Å². The lowest BCUT2D eigenvalue weighted by Gasteiger charge is -2.18. The summed E-state index contributed by atoms with van der Waals surface area (Å²) < 4.78 is 10.5. The lowest BCUT2D eigenvalue weighted by Crippen LogP contribution is -2.28. The van der Waals surface area contributed by atoms with E-state index in [4.69, 9.17) is 15.3 Å². The van der Waals surface area contributed by atoms with Gasteiger partial charge in [-0.3, -0.25) is 5.84 Å². The Morgan fingerprint density at radius 3 is 1.74 bits per heavy atom. The van der Waals surface area contributed by atoms with E-state index in [2.05, 4.69) is 5.43 Å². The van der Waals surface area contributed by atoms with Gasteiger partial charge in [0.1, 0.15) is 11.5 Å². The van der Waals surface area contributed by atoms with Crippen LogP contribution >= 0.6 is 0 Å². The smallest absolute Gasteiger partial charge is 0.119 e. The third-order valence-corrected chi connectivity index (χ3v) is 3.02. The zero-order valence-corrected chi connectivity index (χ0v) is 11.1. The SMILES string of the molecule is COc1cccc(C(NN)c2cccc(OC)c2)c1. The minimum Gasteiger partial charge on any atom is -0.497 e. The van der Waals surface area contributed by atoms with E-state index in [1.54, 1.807) is 14.2 Å². The highest BCUT2D eigenvalue weighted by atomic mass is 16.5. The molecule has 0 saturated carbocycles. The largest absolute Gasteiger partial charge is 0.497 e. The van der Waals surface area contributed by atoms with Crippen molar-refractivity contribution in [3.05, 3.63) is 59.7 Å². The van der Waals surface area contributed by atoms with Gasteiger partial charge < -0.3 is 9.47 Å². The van der Waals surface area contributed by atoms with Crippen LogP contribution in [-0.4, -0.2) is 14.2 Å². The van der Waals surface area contributed by atoms with Gasteiger partial charge in [0, 0.05) is 0 Å². The molecule has 2 rings (SSSR count). The second kappa shape index (κ2) is 6.22. The van der Waals surface area contributed by atoms with Gasteiger partial charge in [0.2, 0.25) is 0 Å². The van der Waals surface area contributed by atoms with E-state index in [0.717, 1.165) is 22.6 Å². The zero-order valence-electron chi connectivity index (χ0n) is 11.1. The molecule has 0 bridgehead atoms. The average molecular weight is 258 g/mol. The van der Waals surface area contributed by atoms with E-state index < -0.39 is 0 Å². The summed E-state index contributed by atoms with van der Waals surface area (Å²) in [5.74, 6) is 7.30.